The molecule has 1 amide bonds. The summed E-state index contributed by atoms with van der Waals surface area (Å²) in [6.07, 6.45) is 3.44. The summed E-state index contributed by atoms with van der Waals surface area (Å²) in [5.74, 6) is 0.463. The van der Waals surface area contributed by atoms with E-state index < -0.39 is 0 Å². The molecule has 6 heteroatoms. The van der Waals surface area contributed by atoms with E-state index in [0.717, 1.165) is 5.56 Å². The lowest BCUT2D eigenvalue weighted by Gasteiger charge is -2.16. The number of anilines is 1. The molecular formula is C13H15N5O. The van der Waals surface area contributed by atoms with Gasteiger partial charge in [-0.05, 0) is 23.8 Å². The van der Waals surface area contributed by atoms with E-state index in [2.05, 4.69) is 20.5 Å². The average Bonchev–Trinajstić information content (AvgIpc) is 2.47. The first-order chi connectivity index (χ1) is 9.20. The summed E-state index contributed by atoms with van der Waals surface area (Å²) in [4.78, 5) is 17.7. The Morgan fingerprint density at radius 2 is 2.16 bits per heavy atom. The zero-order valence-electron chi connectivity index (χ0n) is 10.9. The van der Waals surface area contributed by atoms with Gasteiger partial charge in [0, 0.05) is 33.0 Å². The van der Waals surface area contributed by atoms with Crippen molar-refractivity contribution in [3.05, 3.63) is 47.9 Å². The van der Waals surface area contributed by atoms with E-state index in [1.165, 1.54) is 0 Å². The second-order valence-electron chi connectivity index (χ2n) is 4.08. The molecule has 2 aromatic rings. The molecule has 0 atom stereocenters. The van der Waals surface area contributed by atoms with Crippen LogP contribution in [0, 0.1) is 0 Å². The summed E-state index contributed by atoms with van der Waals surface area (Å²) in [5.41, 5.74) is 1.29. The van der Waals surface area contributed by atoms with Gasteiger partial charge in [0.25, 0.3) is 5.91 Å². The van der Waals surface area contributed by atoms with Gasteiger partial charge < -0.3 is 10.2 Å². The molecule has 98 valence electrons. The Labute approximate surface area is 111 Å². The molecule has 2 aromatic heterocycles. The molecule has 1 N–H and O–H groups in total. The Kier molecular flexibility index (Phi) is 4.02. The molecule has 0 aliphatic carbocycles. The van der Waals surface area contributed by atoms with Crippen molar-refractivity contribution in [3.63, 3.8) is 0 Å². The normalized spacial score (nSPS) is 10.0. The number of carbonyl (C=O) groups is 1. The van der Waals surface area contributed by atoms with Crippen LogP contribution in [0.25, 0.3) is 0 Å². The Hall–Kier alpha value is -2.50. The van der Waals surface area contributed by atoms with Gasteiger partial charge in [0.1, 0.15) is 5.82 Å². The summed E-state index contributed by atoms with van der Waals surface area (Å²) < 4.78 is 0. The monoisotopic (exact) mass is 257 g/mol. The highest BCUT2D eigenvalue weighted by atomic mass is 16.2. The molecule has 0 bridgehead atoms. The van der Waals surface area contributed by atoms with Gasteiger partial charge in [-0.15, -0.1) is 10.2 Å². The first-order valence-electron chi connectivity index (χ1n) is 5.86. The van der Waals surface area contributed by atoms with Crippen LogP contribution < -0.4 is 5.32 Å². The van der Waals surface area contributed by atoms with Crippen LogP contribution in [-0.2, 0) is 6.54 Å². The summed E-state index contributed by atoms with van der Waals surface area (Å²) >= 11 is 0. The summed E-state index contributed by atoms with van der Waals surface area (Å²) in [6, 6.07) is 7.14. The number of pyridine rings is 1. The number of hydrogen-bond donors (Lipinski definition) is 1. The van der Waals surface area contributed by atoms with Crippen molar-refractivity contribution >= 4 is 11.7 Å². The lowest BCUT2D eigenvalue weighted by Crippen LogP contribution is -2.27. The van der Waals surface area contributed by atoms with Crippen LogP contribution in [0.1, 0.15) is 16.1 Å². The SMILES string of the molecule is CNc1ccc(C(=O)N(C)Cc2cccnc2)nn1. The van der Waals surface area contributed by atoms with Gasteiger partial charge in [-0.2, -0.15) is 0 Å². The van der Waals surface area contributed by atoms with E-state index in [4.69, 9.17) is 0 Å². The average molecular weight is 257 g/mol. The van der Waals surface area contributed by atoms with Crippen molar-refractivity contribution in [3.8, 4) is 0 Å². The molecule has 0 radical (unpaired) electrons. The first kappa shape index (κ1) is 12.9. The fourth-order valence-electron chi connectivity index (χ4n) is 1.61. The van der Waals surface area contributed by atoms with Crippen molar-refractivity contribution in [1.29, 1.82) is 0 Å². The quantitative estimate of drug-likeness (QED) is 0.890. The maximum Gasteiger partial charge on any atom is 0.274 e. The number of aromatic nitrogens is 3. The minimum absolute atomic E-state index is 0.168. The van der Waals surface area contributed by atoms with Crippen LogP contribution in [0.15, 0.2) is 36.7 Å². The Morgan fingerprint density at radius 1 is 1.32 bits per heavy atom. The van der Waals surface area contributed by atoms with E-state index in [1.807, 2.05) is 12.1 Å². The molecule has 0 spiro atoms. The van der Waals surface area contributed by atoms with E-state index in [1.54, 1.807) is 43.5 Å². The number of hydrogen-bond acceptors (Lipinski definition) is 5. The molecule has 0 aliphatic heterocycles. The molecular weight excluding hydrogens is 242 g/mol. The third-order valence-electron chi connectivity index (χ3n) is 2.63. The summed E-state index contributed by atoms with van der Waals surface area (Å²) in [5, 5.41) is 10.6. The molecule has 19 heavy (non-hydrogen) atoms. The number of nitrogens with zero attached hydrogens (tertiary/aromatic N) is 4. The number of rotatable bonds is 4. The highest BCUT2D eigenvalue weighted by molar-refractivity contribution is 5.92. The standard InChI is InChI=1S/C13H15N5O/c1-14-12-6-5-11(16-17-12)13(19)18(2)9-10-4-3-7-15-8-10/h3-8H,9H2,1-2H3,(H,14,17). The lowest BCUT2D eigenvalue weighted by atomic mass is 10.2. The van der Waals surface area contributed by atoms with Crippen LogP contribution in [0.5, 0.6) is 0 Å². The second kappa shape index (κ2) is 5.90. The minimum Gasteiger partial charge on any atom is -0.372 e. The van der Waals surface area contributed by atoms with Crippen LogP contribution >= 0.6 is 0 Å². The smallest absolute Gasteiger partial charge is 0.274 e. The topological polar surface area (TPSA) is 71.0 Å². The van der Waals surface area contributed by atoms with Gasteiger partial charge in [-0.1, -0.05) is 6.07 Å². The maximum absolute atomic E-state index is 12.1. The highest BCUT2D eigenvalue weighted by Crippen LogP contribution is 2.07. The second-order valence-corrected chi connectivity index (χ2v) is 4.08. The Morgan fingerprint density at radius 3 is 2.74 bits per heavy atom. The van der Waals surface area contributed by atoms with Crippen molar-refractivity contribution in [2.75, 3.05) is 19.4 Å². The molecule has 2 heterocycles. The molecule has 0 fully saturated rings. The Balaban J connectivity index is 2.06. The van der Waals surface area contributed by atoms with Crippen LogP contribution in [0.2, 0.25) is 0 Å². The van der Waals surface area contributed by atoms with Crippen molar-refractivity contribution in [1.82, 2.24) is 20.1 Å². The lowest BCUT2D eigenvalue weighted by molar-refractivity contribution is 0.0778. The number of carbonyl (C=O) groups excluding carboxylic acids is 1. The largest absolute Gasteiger partial charge is 0.372 e. The maximum atomic E-state index is 12.1. The molecule has 0 aliphatic rings. The predicted molar refractivity (Wildman–Crippen MR) is 71.6 cm³/mol. The van der Waals surface area contributed by atoms with Crippen LogP contribution in [-0.4, -0.2) is 40.1 Å². The molecule has 2 rings (SSSR count). The minimum atomic E-state index is -0.168. The molecule has 0 unspecified atom stereocenters. The summed E-state index contributed by atoms with van der Waals surface area (Å²) in [7, 11) is 3.48. The fraction of sp³-hybridized carbons (Fsp3) is 0.231. The highest BCUT2D eigenvalue weighted by Gasteiger charge is 2.14. The van der Waals surface area contributed by atoms with Crippen molar-refractivity contribution in [2.24, 2.45) is 0 Å². The van der Waals surface area contributed by atoms with Gasteiger partial charge in [-0.3, -0.25) is 9.78 Å². The third kappa shape index (κ3) is 3.25. The van der Waals surface area contributed by atoms with Crippen LogP contribution in [0.3, 0.4) is 0 Å². The predicted octanol–water partition coefficient (Wildman–Crippen LogP) is 1.19. The Bertz CT molecular complexity index is 541. The molecule has 0 saturated heterocycles. The number of nitrogens with one attached hydrogen (secondary N) is 1. The third-order valence-corrected chi connectivity index (χ3v) is 2.63. The molecule has 0 saturated carbocycles. The zero-order valence-corrected chi connectivity index (χ0v) is 10.9. The van der Waals surface area contributed by atoms with Gasteiger partial charge in [0.15, 0.2) is 5.69 Å². The molecule has 6 nitrogen and oxygen atoms in total. The van der Waals surface area contributed by atoms with Crippen LogP contribution in [0.4, 0.5) is 5.82 Å². The van der Waals surface area contributed by atoms with E-state index in [0.29, 0.717) is 18.1 Å². The van der Waals surface area contributed by atoms with Gasteiger partial charge >= 0.3 is 0 Å². The number of amides is 1. The van der Waals surface area contributed by atoms with Gasteiger partial charge in [0.2, 0.25) is 0 Å². The fourth-order valence-corrected chi connectivity index (χ4v) is 1.61. The summed E-state index contributed by atoms with van der Waals surface area (Å²) in [6.45, 7) is 0.488. The van der Waals surface area contributed by atoms with Crippen molar-refractivity contribution in [2.45, 2.75) is 6.54 Å². The molecule has 0 aromatic carbocycles. The van der Waals surface area contributed by atoms with Gasteiger partial charge in [0.05, 0.1) is 0 Å². The van der Waals surface area contributed by atoms with E-state index >= 15 is 0 Å². The van der Waals surface area contributed by atoms with E-state index in [-0.39, 0.29) is 5.91 Å². The van der Waals surface area contributed by atoms with Crippen molar-refractivity contribution < 1.29 is 4.79 Å². The van der Waals surface area contributed by atoms with Gasteiger partial charge in [-0.25, -0.2) is 0 Å². The first-order valence-corrected chi connectivity index (χ1v) is 5.86. The van der Waals surface area contributed by atoms with E-state index in [9.17, 15) is 4.79 Å². The zero-order chi connectivity index (χ0) is 13.7.